The van der Waals surface area contributed by atoms with Gasteiger partial charge in [-0.25, -0.2) is 4.39 Å². The standard InChI is InChI=1S/C12H15F3N2O/c1-7(2)17(3)10-5-4-8(6-9(10)13)16-12(18)11(14)15/h4-7,11H,1-3H3,(H,16,18). The summed E-state index contributed by atoms with van der Waals surface area (Å²) in [7, 11) is 1.72. The number of nitrogens with one attached hydrogen (secondary N) is 1. The van der Waals surface area contributed by atoms with Gasteiger partial charge in [0.2, 0.25) is 0 Å². The van der Waals surface area contributed by atoms with E-state index in [1.54, 1.807) is 11.9 Å². The Balaban J connectivity index is 2.89. The minimum absolute atomic E-state index is 0.0127. The third-order valence-electron chi connectivity index (χ3n) is 2.57. The molecule has 100 valence electrons. The van der Waals surface area contributed by atoms with Crippen molar-refractivity contribution in [2.24, 2.45) is 0 Å². The smallest absolute Gasteiger partial charge is 0.315 e. The summed E-state index contributed by atoms with van der Waals surface area (Å²) < 4.78 is 37.8. The van der Waals surface area contributed by atoms with Gasteiger partial charge in [-0.3, -0.25) is 4.79 Å². The first-order valence-electron chi connectivity index (χ1n) is 5.44. The Hall–Kier alpha value is -1.72. The van der Waals surface area contributed by atoms with Gasteiger partial charge in [-0.2, -0.15) is 8.78 Å². The van der Waals surface area contributed by atoms with Crippen molar-refractivity contribution in [2.45, 2.75) is 26.3 Å². The number of alkyl halides is 2. The van der Waals surface area contributed by atoms with E-state index >= 15 is 0 Å². The second-order valence-corrected chi connectivity index (χ2v) is 4.16. The second-order valence-electron chi connectivity index (χ2n) is 4.16. The number of amides is 1. The van der Waals surface area contributed by atoms with Crippen LogP contribution < -0.4 is 10.2 Å². The van der Waals surface area contributed by atoms with E-state index in [0.29, 0.717) is 5.69 Å². The molecule has 18 heavy (non-hydrogen) atoms. The Morgan fingerprint density at radius 2 is 1.94 bits per heavy atom. The summed E-state index contributed by atoms with van der Waals surface area (Å²) in [5, 5.41) is 1.93. The van der Waals surface area contributed by atoms with Crippen LogP contribution in [0.5, 0.6) is 0 Å². The van der Waals surface area contributed by atoms with Crippen LogP contribution in [-0.4, -0.2) is 25.4 Å². The first kappa shape index (κ1) is 14.3. The molecule has 0 saturated carbocycles. The largest absolute Gasteiger partial charge is 0.370 e. The van der Waals surface area contributed by atoms with E-state index in [9.17, 15) is 18.0 Å². The van der Waals surface area contributed by atoms with E-state index in [4.69, 9.17) is 0 Å². The van der Waals surface area contributed by atoms with Crippen molar-refractivity contribution >= 4 is 17.3 Å². The van der Waals surface area contributed by atoms with Gasteiger partial charge in [0.25, 0.3) is 5.91 Å². The van der Waals surface area contributed by atoms with Gasteiger partial charge in [0.15, 0.2) is 0 Å². The Morgan fingerprint density at radius 1 is 1.33 bits per heavy atom. The number of anilines is 2. The first-order chi connectivity index (χ1) is 8.32. The summed E-state index contributed by atoms with van der Waals surface area (Å²) in [5.74, 6) is -2.02. The number of rotatable bonds is 4. The molecule has 3 nitrogen and oxygen atoms in total. The van der Waals surface area contributed by atoms with E-state index in [1.807, 2.05) is 19.2 Å². The first-order valence-corrected chi connectivity index (χ1v) is 5.44. The lowest BCUT2D eigenvalue weighted by Gasteiger charge is -2.24. The van der Waals surface area contributed by atoms with Gasteiger partial charge in [0, 0.05) is 18.8 Å². The Labute approximate surface area is 104 Å². The molecule has 0 aliphatic heterocycles. The van der Waals surface area contributed by atoms with Crippen LogP contribution in [0.15, 0.2) is 18.2 Å². The molecule has 0 spiro atoms. The molecule has 1 rings (SSSR count). The third-order valence-corrected chi connectivity index (χ3v) is 2.57. The quantitative estimate of drug-likeness (QED) is 0.902. The monoisotopic (exact) mass is 260 g/mol. The van der Waals surface area contributed by atoms with Crippen LogP contribution in [0.3, 0.4) is 0 Å². The molecule has 1 N–H and O–H groups in total. The molecule has 0 fully saturated rings. The Morgan fingerprint density at radius 3 is 2.39 bits per heavy atom. The van der Waals surface area contributed by atoms with Gasteiger partial charge in [0.05, 0.1) is 5.69 Å². The van der Waals surface area contributed by atoms with Gasteiger partial charge < -0.3 is 10.2 Å². The fourth-order valence-electron chi connectivity index (χ4n) is 1.35. The highest BCUT2D eigenvalue weighted by molar-refractivity contribution is 5.93. The number of hydrogen-bond acceptors (Lipinski definition) is 2. The maximum Gasteiger partial charge on any atom is 0.315 e. The molecule has 0 atom stereocenters. The molecule has 0 aromatic heterocycles. The third kappa shape index (κ3) is 3.38. The van der Waals surface area contributed by atoms with Gasteiger partial charge >= 0.3 is 6.43 Å². The zero-order valence-electron chi connectivity index (χ0n) is 10.4. The van der Waals surface area contributed by atoms with Crippen LogP contribution in [0.2, 0.25) is 0 Å². The predicted molar refractivity (Wildman–Crippen MR) is 64.6 cm³/mol. The van der Waals surface area contributed by atoms with E-state index in [2.05, 4.69) is 0 Å². The normalized spacial score (nSPS) is 10.9. The van der Waals surface area contributed by atoms with Crippen LogP contribution >= 0.6 is 0 Å². The summed E-state index contributed by atoms with van der Waals surface area (Å²) >= 11 is 0. The fraction of sp³-hybridized carbons (Fsp3) is 0.417. The number of carbonyl (C=O) groups is 1. The SMILES string of the molecule is CC(C)N(C)c1ccc(NC(=O)C(F)F)cc1F. The lowest BCUT2D eigenvalue weighted by Crippen LogP contribution is -2.26. The van der Waals surface area contributed by atoms with E-state index in [0.717, 1.165) is 6.07 Å². The Bertz CT molecular complexity index is 435. The number of carbonyl (C=O) groups excluding carboxylic acids is 1. The fourth-order valence-corrected chi connectivity index (χ4v) is 1.35. The highest BCUT2D eigenvalue weighted by Gasteiger charge is 2.16. The number of benzene rings is 1. The molecule has 0 bridgehead atoms. The maximum absolute atomic E-state index is 13.7. The van der Waals surface area contributed by atoms with Crippen LogP contribution in [0.4, 0.5) is 24.5 Å². The molecule has 1 aromatic rings. The Kier molecular flexibility index (Phi) is 4.58. The molecule has 0 heterocycles. The average Bonchev–Trinajstić information content (AvgIpc) is 2.28. The summed E-state index contributed by atoms with van der Waals surface area (Å²) in [6.07, 6.45) is -3.12. The van der Waals surface area contributed by atoms with Crippen molar-refractivity contribution in [3.8, 4) is 0 Å². The molecule has 0 aliphatic rings. The molecule has 6 heteroatoms. The van der Waals surface area contributed by atoms with Crippen molar-refractivity contribution in [2.75, 3.05) is 17.3 Å². The molecular formula is C12H15F3N2O. The molecule has 0 radical (unpaired) electrons. The molecule has 0 saturated heterocycles. The minimum Gasteiger partial charge on any atom is -0.370 e. The highest BCUT2D eigenvalue weighted by atomic mass is 19.3. The maximum atomic E-state index is 13.7. The number of halogens is 3. The minimum atomic E-state index is -3.12. The number of nitrogens with zero attached hydrogens (tertiary/aromatic N) is 1. The van der Waals surface area contributed by atoms with Crippen LogP contribution in [0.25, 0.3) is 0 Å². The second kappa shape index (κ2) is 5.75. The molecule has 0 unspecified atom stereocenters. The molecular weight excluding hydrogens is 245 g/mol. The lowest BCUT2D eigenvalue weighted by atomic mass is 10.2. The summed E-state index contributed by atoms with van der Waals surface area (Å²) in [6, 6.07) is 3.95. The van der Waals surface area contributed by atoms with Gasteiger partial charge in [-0.15, -0.1) is 0 Å². The summed E-state index contributed by atoms with van der Waals surface area (Å²) in [6.45, 7) is 3.79. The van der Waals surface area contributed by atoms with E-state index in [1.165, 1.54) is 12.1 Å². The van der Waals surface area contributed by atoms with Crippen molar-refractivity contribution in [1.29, 1.82) is 0 Å². The van der Waals surface area contributed by atoms with Crippen molar-refractivity contribution in [3.63, 3.8) is 0 Å². The number of hydrogen-bond donors (Lipinski definition) is 1. The zero-order chi connectivity index (χ0) is 13.9. The summed E-state index contributed by atoms with van der Waals surface area (Å²) in [5.41, 5.74) is 0.360. The predicted octanol–water partition coefficient (Wildman–Crippen LogP) is 2.87. The van der Waals surface area contributed by atoms with E-state index < -0.39 is 18.1 Å². The van der Waals surface area contributed by atoms with Crippen molar-refractivity contribution in [1.82, 2.24) is 0 Å². The highest BCUT2D eigenvalue weighted by Crippen LogP contribution is 2.23. The summed E-state index contributed by atoms with van der Waals surface area (Å²) in [4.78, 5) is 12.5. The molecule has 0 aliphatic carbocycles. The average molecular weight is 260 g/mol. The topological polar surface area (TPSA) is 32.3 Å². The van der Waals surface area contributed by atoms with Gasteiger partial charge in [-0.1, -0.05) is 0 Å². The van der Waals surface area contributed by atoms with E-state index in [-0.39, 0.29) is 11.7 Å². The van der Waals surface area contributed by atoms with Crippen LogP contribution in [-0.2, 0) is 4.79 Å². The molecule has 1 aromatic carbocycles. The lowest BCUT2D eigenvalue weighted by molar-refractivity contribution is -0.126. The van der Waals surface area contributed by atoms with Gasteiger partial charge in [-0.05, 0) is 32.0 Å². The van der Waals surface area contributed by atoms with Crippen molar-refractivity contribution < 1.29 is 18.0 Å². The van der Waals surface area contributed by atoms with Crippen LogP contribution in [0, 0.1) is 5.82 Å². The van der Waals surface area contributed by atoms with Crippen molar-refractivity contribution in [3.05, 3.63) is 24.0 Å². The molecule has 1 amide bonds. The zero-order valence-corrected chi connectivity index (χ0v) is 10.4. The van der Waals surface area contributed by atoms with Gasteiger partial charge in [0.1, 0.15) is 5.82 Å². The van der Waals surface area contributed by atoms with Crippen LogP contribution in [0.1, 0.15) is 13.8 Å².